The van der Waals surface area contributed by atoms with Crippen LogP contribution in [0.3, 0.4) is 0 Å². The van der Waals surface area contributed by atoms with Crippen LogP contribution in [0.2, 0.25) is 0 Å². The number of aromatic nitrogens is 2. The average molecular weight is 278 g/mol. The van der Waals surface area contributed by atoms with Crippen molar-refractivity contribution in [2.45, 2.75) is 0 Å². The highest BCUT2D eigenvalue weighted by molar-refractivity contribution is 5.88. The summed E-state index contributed by atoms with van der Waals surface area (Å²) in [7, 11) is 1.34. The molecule has 1 heterocycles. The number of methoxy groups -OCH3 is 1. The molecule has 104 valence electrons. The Balaban J connectivity index is 1.87. The Kier molecular flexibility index (Phi) is 3.51. The first-order valence-corrected chi connectivity index (χ1v) is 6.57. The Morgan fingerprint density at radius 2 is 1.57 bits per heavy atom. The molecule has 1 N–H and O–H groups in total. The lowest BCUT2D eigenvalue weighted by Gasteiger charge is -2.02. The lowest BCUT2D eigenvalue weighted by atomic mass is 10.0. The highest BCUT2D eigenvalue weighted by Crippen LogP contribution is 2.24. The van der Waals surface area contributed by atoms with Gasteiger partial charge in [0.15, 0.2) is 0 Å². The van der Waals surface area contributed by atoms with Crippen LogP contribution in [0.25, 0.3) is 22.4 Å². The number of hydrogen-bond donors (Lipinski definition) is 1. The Hall–Kier alpha value is -2.88. The topological polar surface area (TPSA) is 55.0 Å². The molecule has 4 heteroatoms. The Bertz CT molecular complexity index is 746. The third-order valence-corrected chi connectivity index (χ3v) is 3.27. The van der Waals surface area contributed by atoms with Crippen molar-refractivity contribution in [3.8, 4) is 22.4 Å². The van der Waals surface area contributed by atoms with Gasteiger partial charge in [-0.05, 0) is 17.2 Å². The molecule has 0 atom stereocenters. The van der Waals surface area contributed by atoms with Gasteiger partial charge in [-0.25, -0.2) is 4.79 Å². The number of rotatable bonds is 3. The standard InChI is InChI=1S/C17H14N2O2/c1-21-17(20)16-11-15(18-19-16)14-9-7-13(8-10-14)12-5-3-2-4-6-12/h2-11H,1H3,(H,18,19). The summed E-state index contributed by atoms with van der Waals surface area (Å²) >= 11 is 0. The van der Waals surface area contributed by atoms with E-state index in [0.717, 1.165) is 16.8 Å². The van der Waals surface area contributed by atoms with E-state index in [1.54, 1.807) is 6.07 Å². The fourth-order valence-corrected chi connectivity index (χ4v) is 2.15. The van der Waals surface area contributed by atoms with E-state index < -0.39 is 5.97 Å². The number of ether oxygens (including phenoxy) is 1. The van der Waals surface area contributed by atoms with E-state index in [1.165, 1.54) is 12.7 Å². The zero-order chi connectivity index (χ0) is 14.7. The molecule has 0 saturated heterocycles. The van der Waals surface area contributed by atoms with Crippen molar-refractivity contribution in [1.82, 2.24) is 10.2 Å². The molecule has 0 spiro atoms. The lowest BCUT2D eigenvalue weighted by Crippen LogP contribution is -2.00. The molecule has 0 aliphatic carbocycles. The van der Waals surface area contributed by atoms with Gasteiger partial charge in [-0.2, -0.15) is 5.10 Å². The Labute approximate surface area is 122 Å². The maximum absolute atomic E-state index is 11.4. The van der Waals surface area contributed by atoms with Crippen LogP contribution in [0.1, 0.15) is 10.5 Å². The molecule has 0 aliphatic rings. The van der Waals surface area contributed by atoms with Crippen LogP contribution >= 0.6 is 0 Å². The molecular formula is C17H14N2O2. The summed E-state index contributed by atoms with van der Waals surface area (Å²) in [4.78, 5) is 11.4. The SMILES string of the molecule is COC(=O)c1cc(-c2ccc(-c3ccccc3)cc2)n[nH]1. The fraction of sp³-hybridized carbons (Fsp3) is 0.0588. The van der Waals surface area contributed by atoms with Gasteiger partial charge in [0.2, 0.25) is 0 Å². The van der Waals surface area contributed by atoms with E-state index in [4.69, 9.17) is 0 Å². The van der Waals surface area contributed by atoms with Gasteiger partial charge in [-0.3, -0.25) is 5.10 Å². The van der Waals surface area contributed by atoms with Gasteiger partial charge < -0.3 is 4.74 Å². The summed E-state index contributed by atoms with van der Waals surface area (Å²) in [6.07, 6.45) is 0. The first-order valence-electron chi connectivity index (χ1n) is 6.57. The molecule has 0 radical (unpaired) electrons. The summed E-state index contributed by atoms with van der Waals surface area (Å²) in [5, 5.41) is 6.81. The van der Waals surface area contributed by atoms with Crippen LogP contribution in [0.15, 0.2) is 60.7 Å². The van der Waals surface area contributed by atoms with Gasteiger partial charge in [0, 0.05) is 5.56 Å². The summed E-state index contributed by atoms with van der Waals surface area (Å²) in [6, 6.07) is 19.9. The molecule has 3 rings (SSSR count). The normalized spacial score (nSPS) is 10.3. The number of carbonyl (C=O) groups is 1. The first kappa shape index (κ1) is 13.1. The number of H-pyrrole nitrogens is 1. The Morgan fingerprint density at radius 1 is 0.952 bits per heavy atom. The lowest BCUT2D eigenvalue weighted by molar-refractivity contribution is 0.0594. The van der Waals surface area contributed by atoms with Gasteiger partial charge >= 0.3 is 5.97 Å². The highest BCUT2D eigenvalue weighted by atomic mass is 16.5. The molecule has 1 aromatic heterocycles. The smallest absolute Gasteiger partial charge is 0.356 e. The maximum Gasteiger partial charge on any atom is 0.356 e. The number of carbonyl (C=O) groups excluding carboxylic acids is 1. The minimum atomic E-state index is -0.422. The number of nitrogens with one attached hydrogen (secondary N) is 1. The summed E-state index contributed by atoms with van der Waals surface area (Å²) in [5.41, 5.74) is 4.32. The zero-order valence-corrected chi connectivity index (χ0v) is 11.5. The zero-order valence-electron chi connectivity index (χ0n) is 11.5. The number of aromatic amines is 1. The van der Waals surface area contributed by atoms with E-state index in [-0.39, 0.29) is 0 Å². The number of nitrogens with zero attached hydrogens (tertiary/aromatic N) is 1. The van der Waals surface area contributed by atoms with E-state index in [9.17, 15) is 4.79 Å². The predicted octanol–water partition coefficient (Wildman–Crippen LogP) is 3.53. The molecule has 2 aromatic carbocycles. The molecule has 0 bridgehead atoms. The van der Waals surface area contributed by atoms with Gasteiger partial charge in [0.25, 0.3) is 0 Å². The second-order valence-electron chi connectivity index (χ2n) is 4.60. The highest BCUT2D eigenvalue weighted by Gasteiger charge is 2.10. The minimum absolute atomic E-state index is 0.347. The van der Waals surface area contributed by atoms with Crippen LogP contribution in [0, 0.1) is 0 Å². The van der Waals surface area contributed by atoms with Gasteiger partial charge in [0.1, 0.15) is 5.69 Å². The number of benzene rings is 2. The third kappa shape index (κ3) is 2.69. The van der Waals surface area contributed by atoms with Crippen molar-refractivity contribution in [3.05, 3.63) is 66.4 Å². The number of esters is 1. The summed E-state index contributed by atoms with van der Waals surface area (Å²) < 4.78 is 4.65. The van der Waals surface area contributed by atoms with Crippen LogP contribution in [0.5, 0.6) is 0 Å². The maximum atomic E-state index is 11.4. The summed E-state index contributed by atoms with van der Waals surface area (Å²) in [5.74, 6) is -0.422. The molecule has 0 aliphatic heterocycles. The molecule has 0 unspecified atom stereocenters. The molecule has 4 nitrogen and oxygen atoms in total. The second-order valence-corrected chi connectivity index (χ2v) is 4.60. The van der Waals surface area contributed by atoms with E-state index in [2.05, 4.69) is 27.1 Å². The van der Waals surface area contributed by atoms with E-state index >= 15 is 0 Å². The van der Waals surface area contributed by atoms with Crippen molar-refractivity contribution in [2.24, 2.45) is 0 Å². The van der Waals surface area contributed by atoms with Crippen molar-refractivity contribution in [2.75, 3.05) is 7.11 Å². The fourth-order valence-electron chi connectivity index (χ4n) is 2.15. The first-order chi connectivity index (χ1) is 10.3. The molecule has 3 aromatic rings. The molecule has 0 fully saturated rings. The molecule has 21 heavy (non-hydrogen) atoms. The number of hydrogen-bond acceptors (Lipinski definition) is 3. The summed E-state index contributed by atoms with van der Waals surface area (Å²) in [6.45, 7) is 0. The molecule has 0 saturated carbocycles. The minimum Gasteiger partial charge on any atom is -0.464 e. The molecular weight excluding hydrogens is 264 g/mol. The van der Waals surface area contributed by atoms with Gasteiger partial charge in [0.05, 0.1) is 12.8 Å². The van der Waals surface area contributed by atoms with Crippen LogP contribution in [0.4, 0.5) is 0 Å². The van der Waals surface area contributed by atoms with Crippen LogP contribution in [-0.4, -0.2) is 23.3 Å². The van der Waals surface area contributed by atoms with Crippen LogP contribution in [-0.2, 0) is 4.74 Å². The molecule has 0 amide bonds. The van der Waals surface area contributed by atoms with E-state index in [1.807, 2.05) is 42.5 Å². The van der Waals surface area contributed by atoms with Crippen molar-refractivity contribution < 1.29 is 9.53 Å². The van der Waals surface area contributed by atoms with Crippen molar-refractivity contribution in [1.29, 1.82) is 0 Å². The predicted molar refractivity (Wildman–Crippen MR) is 80.8 cm³/mol. The van der Waals surface area contributed by atoms with Crippen LogP contribution < -0.4 is 0 Å². The van der Waals surface area contributed by atoms with Crippen molar-refractivity contribution in [3.63, 3.8) is 0 Å². The monoisotopic (exact) mass is 278 g/mol. The Morgan fingerprint density at radius 3 is 2.24 bits per heavy atom. The third-order valence-electron chi connectivity index (χ3n) is 3.27. The van der Waals surface area contributed by atoms with Crippen molar-refractivity contribution >= 4 is 5.97 Å². The van der Waals surface area contributed by atoms with Gasteiger partial charge in [-0.15, -0.1) is 0 Å². The largest absolute Gasteiger partial charge is 0.464 e. The van der Waals surface area contributed by atoms with E-state index in [0.29, 0.717) is 5.69 Å². The van der Waals surface area contributed by atoms with Gasteiger partial charge in [-0.1, -0.05) is 54.6 Å². The average Bonchev–Trinajstić information content (AvgIpc) is 3.05. The second kappa shape index (κ2) is 5.63. The quantitative estimate of drug-likeness (QED) is 0.746.